The summed E-state index contributed by atoms with van der Waals surface area (Å²) in [6, 6.07) is 18.7. The number of carbonyl (C=O) groups is 2. The average Bonchev–Trinajstić information content (AvgIpc) is 3.00. The molecule has 0 saturated carbocycles. The lowest BCUT2D eigenvalue weighted by Gasteiger charge is -2.14. The van der Waals surface area contributed by atoms with Gasteiger partial charge < -0.3 is 14.6 Å². The summed E-state index contributed by atoms with van der Waals surface area (Å²) in [5, 5.41) is 10.2. The summed E-state index contributed by atoms with van der Waals surface area (Å²) in [5.74, 6) is -1.19. The molecule has 0 spiro atoms. The minimum absolute atomic E-state index is 0.0305. The van der Waals surface area contributed by atoms with Gasteiger partial charge in [0.05, 0.1) is 0 Å². The van der Waals surface area contributed by atoms with Crippen molar-refractivity contribution in [3.63, 3.8) is 0 Å². The van der Waals surface area contributed by atoms with E-state index >= 15 is 0 Å². The Kier molecular flexibility index (Phi) is 4.35. The molecule has 0 saturated heterocycles. The molecule has 1 unspecified atom stereocenters. The van der Waals surface area contributed by atoms with E-state index in [-0.39, 0.29) is 11.5 Å². The number of hydrogen-bond donors (Lipinski definition) is 1. The Bertz CT molecular complexity index is 1090. The lowest BCUT2D eigenvalue weighted by molar-refractivity contribution is -0.133. The maximum absolute atomic E-state index is 12.6. The Morgan fingerprint density at radius 3 is 2.50 bits per heavy atom. The summed E-state index contributed by atoms with van der Waals surface area (Å²) in [6.07, 6.45) is 0. The first-order valence-electron chi connectivity index (χ1n) is 8.87. The molecule has 0 amide bonds. The molecule has 0 aromatic heterocycles. The first-order chi connectivity index (χ1) is 13.4. The molecule has 5 nitrogen and oxygen atoms in total. The van der Waals surface area contributed by atoms with E-state index in [1.807, 2.05) is 42.5 Å². The van der Waals surface area contributed by atoms with Crippen LogP contribution in [0.5, 0.6) is 17.2 Å². The zero-order valence-corrected chi connectivity index (χ0v) is 15.4. The molecule has 4 rings (SSSR count). The van der Waals surface area contributed by atoms with Gasteiger partial charge in [0.2, 0.25) is 0 Å². The number of phenolic OH excluding ortho intramolecular Hbond substituents is 1. The number of carbonyl (C=O) groups excluding carboxylic acids is 2. The highest BCUT2D eigenvalue weighted by Crippen LogP contribution is 2.44. The first kappa shape index (κ1) is 17.8. The van der Waals surface area contributed by atoms with Crippen molar-refractivity contribution in [3.8, 4) is 28.4 Å². The topological polar surface area (TPSA) is 72.8 Å². The molecule has 0 bridgehead atoms. The summed E-state index contributed by atoms with van der Waals surface area (Å²) in [7, 11) is 0. The summed E-state index contributed by atoms with van der Waals surface area (Å²) < 4.78 is 10.5. The second-order valence-electron chi connectivity index (χ2n) is 6.75. The number of aryl methyl sites for hydroxylation is 1. The van der Waals surface area contributed by atoms with Gasteiger partial charge in [0, 0.05) is 12.5 Å². The summed E-state index contributed by atoms with van der Waals surface area (Å²) >= 11 is 0. The van der Waals surface area contributed by atoms with E-state index in [1.54, 1.807) is 19.1 Å². The molecule has 140 valence electrons. The smallest absolute Gasteiger partial charge is 0.323 e. The molecule has 28 heavy (non-hydrogen) atoms. The normalized spacial score (nSPS) is 15.1. The lowest BCUT2D eigenvalue weighted by atomic mass is 9.89. The third-order valence-corrected chi connectivity index (χ3v) is 4.75. The number of aromatic hydroxyl groups is 1. The van der Waals surface area contributed by atoms with Gasteiger partial charge in [-0.3, -0.25) is 9.59 Å². The predicted molar refractivity (Wildman–Crippen MR) is 104 cm³/mol. The quantitative estimate of drug-likeness (QED) is 0.545. The van der Waals surface area contributed by atoms with Crippen LogP contribution in [0.2, 0.25) is 0 Å². The van der Waals surface area contributed by atoms with E-state index < -0.39 is 17.9 Å². The fourth-order valence-corrected chi connectivity index (χ4v) is 3.46. The summed E-state index contributed by atoms with van der Waals surface area (Å²) in [6.45, 7) is 2.94. The first-order valence-corrected chi connectivity index (χ1v) is 8.87. The lowest BCUT2D eigenvalue weighted by Crippen LogP contribution is -2.12. The molecule has 5 heteroatoms. The van der Waals surface area contributed by atoms with Crippen LogP contribution in [0.3, 0.4) is 0 Å². The van der Waals surface area contributed by atoms with Crippen LogP contribution in [0.4, 0.5) is 0 Å². The number of benzene rings is 3. The summed E-state index contributed by atoms with van der Waals surface area (Å²) in [5.41, 5.74) is 3.85. The minimum Gasteiger partial charge on any atom is -0.504 e. The van der Waals surface area contributed by atoms with Crippen LogP contribution in [0.1, 0.15) is 29.5 Å². The fourth-order valence-electron chi connectivity index (χ4n) is 3.46. The Morgan fingerprint density at radius 1 is 1.04 bits per heavy atom. The molecule has 3 aromatic carbocycles. The number of phenols is 1. The zero-order valence-electron chi connectivity index (χ0n) is 15.4. The molecule has 0 aliphatic carbocycles. The largest absolute Gasteiger partial charge is 0.504 e. The van der Waals surface area contributed by atoms with Crippen LogP contribution < -0.4 is 9.47 Å². The number of esters is 2. The Balaban J connectivity index is 1.82. The van der Waals surface area contributed by atoms with Crippen LogP contribution in [0.25, 0.3) is 11.1 Å². The maximum atomic E-state index is 12.6. The highest BCUT2D eigenvalue weighted by Gasteiger charge is 2.35. The van der Waals surface area contributed by atoms with E-state index in [0.717, 1.165) is 16.7 Å². The van der Waals surface area contributed by atoms with Gasteiger partial charge in [-0.15, -0.1) is 0 Å². The molecule has 1 N–H and O–H groups in total. The van der Waals surface area contributed by atoms with Crippen molar-refractivity contribution in [2.45, 2.75) is 19.8 Å². The molecule has 1 heterocycles. The Hall–Kier alpha value is -3.60. The second-order valence-corrected chi connectivity index (χ2v) is 6.75. The van der Waals surface area contributed by atoms with Crippen molar-refractivity contribution >= 4 is 11.9 Å². The van der Waals surface area contributed by atoms with Crippen molar-refractivity contribution < 1.29 is 24.2 Å². The van der Waals surface area contributed by atoms with Gasteiger partial charge in [-0.1, -0.05) is 42.5 Å². The van der Waals surface area contributed by atoms with Crippen LogP contribution >= 0.6 is 0 Å². The highest BCUT2D eigenvalue weighted by molar-refractivity contribution is 5.91. The maximum Gasteiger partial charge on any atom is 0.323 e. The zero-order chi connectivity index (χ0) is 19.8. The van der Waals surface area contributed by atoms with Crippen molar-refractivity contribution in [1.29, 1.82) is 0 Å². The van der Waals surface area contributed by atoms with Crippen LogP contribution in [-0.4, -0.2) is 17.0 Å². The van der Waals surface area contributed by atoms with E-state index in [4.69, 9.17) is 9.47 Å². The van der Waals surface area contributed by atoms with Gasteiger partial charge in [0.15, 0.2) is 11.5 Å². The monoisotopic (exact) mass is 374 g/mol. The molecule has 0 radical (unpaired) electrons. The highest BCUT2D eigenvalue weighted by atomic mass is 16.5. The van der Waals surface area contributed by atoms with E-state index in [0.29, 0.717) is 16.9 Å². The van der Waals surface area contributed by atoms with Gasteiger partial charge >= 0.3 is 11.9 Å². The standard InChI is InChI=1S/C23H18O5/c1-13-10-17(12-20(22(13)25)27-14(2)24)21-18-11-16(15-6-4-3-5-7-15)8-9-19(18)28-23(21)26/h3-12,21,25H,1-2H3. The minimum atomic E-state index is -0.660. The van der Waals surface area contributed by atoms with E-state index in [9.17, 15) is 14.7 Å². The Labute approximate surface area is 162 Å². The van der Waals surface area contributed by atoms with Crippen molar-refractivity contribution in [3.05, 3.63) is 77.4 Å². The third kappa shape index (κ3) is 3.11. The molecular weight excluding hydrogens is 356 g/mol. The number of hydrogen-bond acceptors (Lipinski definition) is 5. The third-order valence-electron chi connectivity index (χ3n) is 4.75. The van der Waals surface area contributed by atoms with Crippen LogP contribution in [0, 0.1) is 6.92 Å². The summed E-state index contributed by atoms with van der Waals surface area (Å²) in [4.78, 5) is 24.0. The fraction of sp³-hybridized carbons (Fsp3) is 0.130. The number of ether oxygens (including phenoxy) is 2. The Morgan fingerprint density at radius 2 is 1.79 bits per heavy atom. The second kappa shape index (κ2) is 6.85. The molecule has 1 aliphatic rings. The van der Waals surface area contributed by atoms with E-state index in [2.05, 4.69) is 0 Å². The van der Waals surface area contributed by atoms with Crippen molar-refractivity contribution in [2.75, 3.05) is 0 Å². The van der Waals surface area contributed by atoms with Crippen LogP contribution in [-0.2, 0) is 9.59 Å². The van der Waals surface area contributed by atoms with Gasteiger partial charge in [0.1, 0.15) is 11.7 Å². The predicted octanol–water partition coefficient (Wildman–Crippen LogP) is 4.34. The molecule has 0 fully saturated rings. The molecular formula is C23H18O5. The number of rotatable bonds is 3. The van der Waals surface area contributed by atoms with Gasteiger partial charge in [-0.25, -0.2) is 0 Å². The van der Waals surface area contributed by atoms with Crippen LogP contribution in [0.15, 0.2) is 60.7 Å². The molecule has 1 atom stereocenters. The molecule has 1 aliphatic heterocycles. The van der Waals surface area contributed by atoms with Gasteiger partial charge in [-0.05, 0) is 47.4 Å². The van der Waals surface area contributed by atoms with Crippen molar-refractivity contribution in [1.82, 2.24) is 0 Å². The van der Waals surface area contributed by atoms with Gasteiger partial charge in [-0.2, -0.15) is 0 Å². The van der Waals surface area contributed by atoms with E-state index in [1.165, 1.54) is 13.0 Å². The average molecular weight is 374 g/mol. The number of fused-ring (bicyclic) bond motifs is 1. The van der Waals surface area contributed by atoms with Gasteiger partial charge in [0.25, 0.3) is 0 Å². The SMILES string of the molecule is CC(=O)Oc1cc(C2C(=O)Oc3ccc(-c4ccccc4)cc32)cc(C)c1O. The van der Waals surface area contributed by atoms with Crippen molar-refractivity contribution in [2.24, 2.45) is 0 Å². The molecule has 3 aromatic rings.